The number of nitrogens with zero attached hydrogens (tertiary/aromatic N) is 2. The Kier molecular flexibility index (Phi) is 6.72. The van der Waals surface area contributed by atoms with Gasteiger partial charge in [0.05, 0.1) is 12.8 Å². The monoisotopic (exact) mass is 427 g/mol. The van der Waals surface area contributed by atoms with Crippen molar-refractivity contribution in [3.05, 3.63) is 65.1 Å². The summed E-state index contributed by atoms with van der Waals surface area (Å²) in [5, 5.41) is 13.2. The fourth-order valence-corrected chi connectivity index (χ4v) is 3.18. The van der Waals surface area contributed by atoms with Crippen LogP contribution in [0.2, 0.25) is 0 Å². The van der Waals surface area contributed by atoms with Crippen molar-refractivity contribution in [2.75, 3.05) is 19.0 Å². The zero-order valence-corrected chi connectivity index (χ0v) is 16.5. The summed E-state index contributed by atoms with van der Waals surface area (Å²) in [5.74, 6) is -1.45. The first-order chi connectivity index (χ1) is 14.5. The van der Waals surface area contributed by atoms with E-state index in [1.807, 2.05) is 6.07 Å². The Bertz CT molecular complexity index is 1140. The Labute approximate surface area is 175 Å². The maximum Gasteiger partial charge on any atom is 0.250 e. The molecule has 6 nitrogen and oxygen atoms in total. The minimum Gasteiger partial charge on any atom is -0.493 e. The largest absolute Gasteiger partial charge is 0.493 e. The van der Waals surface area contributed by atoms with Crippen molar-refractivity contribution in [1.82, 2.24) is 4.98 Å². The number of nitrogens with one attached hydrogen (secondary N) is 1. The van der Waals surface area contributed by atoms with Crippen LogP contribution in [0.3, 0.4) is 0 Å². The number of ether oxygens (including phenoxy) is 2. The van der Waals surface area contributed by atoms with Crippen LogP contribution in [-0.2, 0) is 4.79 Å². The van der Waals surface area contributed by atoms with E-state index in [0.717, 1.165) is 23.5 Å². The second-order valence-electron chi connectivity index (χ2n) is 5.85. The molecule has 0 aliphatic heterocycles. The lowest BCUT2D eigenvalue weighted by atomic mass is 10.2. The number of hydrogen-bond donors (Lipinski definition) is 1. The lowest BCUT2D eigenvalue weighted by Crippen LogP contribution is -2.07. The molecule has 3 rings (SSSR count). The predicted octanol–water partition coefficient (Wildman–Crippen LogP) is 4.65. The van der Waals surface area contributed by atoms with Crippen LogP contribution in [0.15, 0.2) is 47.9 Å². The summed E-state index contributed by atoms with van der Waals surface area (Å²) in [6, 6.07) is 10.4. The Morgan fingerprint density at radius 1 is 1.23 bits per heavy atom. The standard InChI is InChI=1S/C21H15F2N3O3S/c1-28-19-10-13(2-6-18(19)29-9-8-24)3-7-20(27)26-21-25-17(12-30-21)14-4-5-15(22)16(23)11-14/h2-7,10-12H,9H2,1H3,(H,25,26,27)/b7-3+. The topological polar surface area (TPSA) is 84.2 Å². The Morgan fingerprint density at radius 2 is 2.07 bits per heavy atom. The van der Waals surface area contributed by atoms with Gasteiger partial charge in [0.15, 0.2) is 34.9 Å². The highest BCUT2D eigenvalue weighted by molar-refractivity contribution is 7.14. The zero-order valence-electron chi connectivity index (χ0n) is 15.7. The van der Waals surface area contributed by atoms with E-state index in [4.69, 9.17) is 14.7 Å². The van der Waals surface area contributed by atoms with Crippen LogP contribution in [0.25, 0.3) is 17.3 Å². The van der Waals surface area contributed by atoms with Gasteiger partial charge in [-0.1, -0.05) is 6.07 Å². The number of thiazole rings is 1. The second kappa shape index (κ2) is 9.62. The van der Waals surface area contributed by atoms with Crippen molar-refractivity contribution in [1.29, 1.82) is 5.26 Å². The minimum atomic E-state index is -0.964. The number of rotatable bonds is 7. The number of methoxy groups -OCH3 is 1. The van der Waals surface area contributed by atoms with Crippen LogP contribution in [0, 0.1) is 23.0 Å². The number of carbonyl (C=O) groups is 1. The lowest BCUT2D eigenvalue weighted by Gasteiger charge is -2.08. The Balaban J connectivity index is 1.66. The summed E-state index contributed by atoms with van der Waals surface area (Å²) in [4.78, 5) is 16.4. The van der Waals surface area contributed by atoms with E-state index < -0.39 is 17.5 Å². The first-order valence-electron chi connectivity index (χ1n) is 8.58. The molecule has 0 aliphatic rings. The molecular formula is C21H15F2N3O3S. The molecule has 0 fully saturated rings. The first kappa shape index (κ1) is 21.0. The summed E-state index contributed by atoms with van der Waals surface area (Å²) in [5.41, 5.74) is 1.52. The molecule has 0 saturated heterocycles. The number of aromatic nitrogens is 1. The van der Waals surface area contributed by atoms with E-state index in [2.05, 4.69) is 10.3 Å². The van der Waals surface area contributed by atoms with Crippen LogP contribution in [0.1, 0.15) is 5.56 Å². The highest BCUT2D eigenvalue weighted by Crippen LogP contribution is 2.29. The third-order valence-electron chi connectivity index (χ3n) is 3.86. The average molecular weight is 427 g/mol. The van der Waals surface area contributed by atoms with Gasteiger partial charge < -0.3 is 9.47 Å². The number of halogens is 2. The molecule has 30 heavy (non-hydrogen) atoms. The number of hydrogen-bond acceptors (Lipinski definition) is 6. The highest BCUT2D eigenvalue weighted by atomic mass is 32.1. The molecule has 0 atom stereocenters. The third-order valence-corrected chi connectivity index (χ3v) is 4.61. The maximum atomic E-state index is 13.4. The van der Waals surface area contributed by atoms with Crippen LogP contribution in [0.5, 0.6) is 11.5 Å². The third kappa shape index (κ3) is 5.18. The summed E-state index contributed by atoms with van der Waals surface area (Å²) in [7, 11) is 1.47. The summed E-state index contributed by atoms with van der Waals surface area (Å²) in [6.07, 6.45) is 2.90. The van der Waals surface area contributed by atoms with Crippen LogP contribution in [-0.4, -0.2) is 24.6 Å². The molecule has 1 heterocycles. The normalized spacial score (nSPS) is 10.6. The second-order valence-corrected chi connectivity index (χ2v) is 6.70. The predicted molar refractivity (Wildman–Crippen MR) is 109 cm³/mol. The molecule has 1 N–H and O–H groups in total. The molecule has 0 radical (unpaired) electrons. The number of anilines is 1. The van der Waals surface area contributed by atoms with Crippen molar-refractivity contribution >= 4 is 28.5 Å². The smallest absolute Gasteiger partial charge is 0.250 e. The van der Waals surface area contributed by atoms with E-state index in [-0.39, 0.29) is 6.61 Å². The molecule has 0 aliphatic carbocycles. The molecular weight excluding hydrogens is 412 g/mol. The summed E-state index contributed by atoms with van der Waals surface area (Å²) < 4.78 is 36.9. The van der Waals surface area contributed by atoms with Gasteiger partial charge in [-0.05, 0) is 42.0 Å². The van der Waals surface area contributed by atoms with Crippen molar-refractivity contribution in [3.63, 3.8) is 0 Å². The van der Waals surface area contributed by atoms with Crippen molar-refractivity contribution in [2.24, 2.45) is 0 Å². The van der Waals surface area contributed by atoms with Crippen molar-refractivity contribution in [3.8, 4) is 28.8 Å². The van der Waals surface area contributed by atoms with E-state index in [1.165, 1.54) is 19.3 Å². The van der Waals surface area contributed by atoms with E-state index >= 15 is 0 Å². The average Bonchev–Trinajstić information content (AvgIpc) is 3.21. The maximum absolute atomic E-state index is 13.4. The minimum absolute atomic E-state index is 0.103. The van der Waals surface area contributed by atoms with Crippen molar-refractivity contribution < 1.29 is 23.0 Å². The van der Waals surface area contributed by atoms with Crippen LogP contribution < -0.4 is 14.8 Å². The van der Waals surface area contributed by atoms with Gasteiger partial charge in [-0.25, -0.2) is 13.8 Å². The number of benzene rings is 2. The Morgan fingerprint density at radius 3 is 2.80 bits per heavy atom. The molecule has 0 spiro atoms. The molecule has 1 aromatic heterocycles. The highest BCUT2D eigenvalue weighted by Gasteiger charge is 2.10. The molecule has 0 bridgehead atoms. The van der Waals surface area contributed by atoms with Gasteiger partial charge in [0.2, 0.25) is 5.91 Å². The van der Waals surface area contributed by atoms with Crippen molar-refractivity contribution in [2.45, 2.75) is 0 Å². The van der Waals surface area contributed by atoms with E-state index in [9.17, 15) is 13.6 Å². The molecule has 0 unspecified atom stereocenters. The van der Waals surface area contributed by atoms with Crippen LogP contribution in [0.4, 0.5) is 13.9 Å². The molecule has 9 heteroatoms. The lowest BCUT2D eigenvalue weighted by molar-refractivity contribution is -0.111. The first-order valence-corrected chi connectivity index (χ1v) is 9.46. The fraction of sp³-hybridized carbons (Fsp3) is 0.0952. The van der Waals surface area contributed by atoms with Gasteiger partial charge >= 0.3 is 0 Å². The SMILES string of the molecule is COc1cc(/C=C/C(=O)Nc2nc(-c3ccc(F)c(F)c3)cs2)ccc1OCC#N. The Hall–Kier alpha value is -3.77. The summed E-state index contributed by atoms with van der Waals surface area (Å²) in [6.45, 7) is -0.103. The van der Waals surface area contributed by atoms with Gasteiger partial charge in [-0.3, -0.25) is 10.1 Å². The van der Waals surface area contributed by atoms with E-state index in [0.29, 0.717) is 33.5 Å². The van der Waals surface area contributed by atoms with Gasteiger partial charge in [-0.15, -0.1) is 11.3 Å². The number of nitriles is 1. The molecule has 3 aromatic rings. The zero-order chi connectivity index (χ0) is 21.5. The van der Waals surface area contributed by atoms with E-state index in [1.54, 1.807) is 29.7 Å². The molecule has 2 aromatic carbocycles. The molecule has 0 saturated carbocycles. The quantitative estimate of drug-likeness (QED) is 0.555. The van der Waals surface area contributed by atoms with Gasteiger partial charge in [0.1, 0.15) is 6.07 Å². The number of amides is 1. The van der Waals surface area contributed by atoms with Gasteiger partial charge in [0, 0.05) is 17.0 Å². The van der Waals surface area contributed by atoms with Crippen LogP contribution >= 0.6 is 11.3 Å². The molecule has 152 valence electrons. The van der Waals surface area contributed by atoms with Gasteiger partial charge in [0.25, 0.3) is 0 Å². The summed E-state index contributed by atoms with van der Waals surface area (Å²) >= 11 is 1.16. The number of carbonyl (C=O) groups excluding carboxylic acids is 1. The molecule has 1 amide bonds. The fourth-order valence-electron chi connectivity index (χ4n) is 2.46. The van der Waals surface area contributed by atoms with Gasteiger partial charge in [-0.2, -0.15) is 5.26 Å².